The number of aliphatic hydroxyl groups is 1. The average Bonchev–Trinajstić information content (AvgIpc) is 3.36. The number of hydrogen-bond donors (Lipinski definition) is 1. The van der Waals surface area contributed by atoms with E-state index in [0.29, 0.717) is 5.69 Å². The Kier molecular flexibility index (Phi) is 3.95. The molecule has 0 saturated carbocycles. The molecule has 0 fully saturated rings. The van der Waals surface area contributed by atoms with Gasteiger partial charge in [-0.2, -0.15) is 10.2 Å². The molecule has 0 spiro atoms. The zero-order valence-corrected chi connectivity index (χ0v) is 15.8. The van der Waals surface area contributed by atoms with Gasteiger partial charge in [0.25, 0.3) is 0 Å². The maximum absolute atomic E-state index is 10.7. The van der Waals surface area contributed by atoms with Crippen molar-refractivity contribution in [1.82, 2.24) is 24.5 Å². The zero-order chi connectivity index (χ0) is 18.4. The molecule has 1 unspecified atom stereocenters. The first-order chi connectivity index (χ1) is 13.2. The van der Waals surface area contributed by atoms with Gasteiger partial charge in [-0.25, -0.2) is 4.98 Å². The van der Waals surface area contributed by atoms with E-state index >= 15 is 0 Å². The summed E-state index contributed by atoms with van der Waals surface area (Å²) in [4.78, 5) is 7.11. The van der Waals surface area contributed by atoms with Crippen molar-refractivity contribution in [3.63, 3.8) is 0 Å². The highest BCUT2D eigenvalue weighted by Gasteiger charge is 2.23. The van der Waals surface area contributed by atoms with Gasteiger partial charge in [0.1, 0.15) is 6.10 Å². The summed E-state index contributed by atoms with van der Waals surface area (Å²) < 4.78 is 4.91. The second-order valence-corrected chi connectivity index (χ2v) is 7.81. The van der Waals surface area contributed by atoms with Crippen molar-refractivity contribution in [2.24, 2.45) is 7.05 Å². The predicted octanol–water partition coefficient (Wildman–Crippen LogP) is 2.72. The van der Waals surface area contributed by atoms with Crippen LogP contribution in [0.15, 0.2) is 42.6 Å². The minimum Gasteiger partial charge on any atom is -0.380 e. The van der Waals surface area contributed by atoms with Crippen LogP contribution in [0.5, 0.6) is 0 Å². The molecule has 4 heterocycles. The zero-order valence-electron chi connectivity index (χ0n) is 15.0. The molecule has 0 saturated heterocycles. The second-order valence-electron chi connectivity index (χ2n) is 6.81. The molecule has 138 valence electrons. The summed E-state index contributed by atoms with van der Waals surface area (Å²) in [5.74, 6) is 0. The number of hydrogen-bond acceptors (Lipinski definition) is 6. The summed E-state index contributed by atoms with van der Waals surface area (Å²) in [6, 6.07) is 12.1. The van der Waals surface area contributed by atoms with Crippen LogP contribution in [0, 0.1) is 0 Å². The number of aryl methyl sites for hydroxylation is 2. The fourth-order valence-electron chi connectivity index (χ4n) is 3.58. The number of benzene rings is 1. The predicted molar refractivity (Wildman–Crippen MR) is 105 cm³/mol. The first-order valence-corrected chi connectivity index (χ1v) is 9.84. The fourth-order valence-corrected chi connectivity index (χ4v) is 4.57. The summed E-state index contributed by atoms with van der Waals surface area (Å²) in [5.41, 5.74) is 3.55. The SMILES string of the molecule is Cn1nccc1C(O)c1cc2n(n1)CCCN(c1nc3ccccc3s1)C2. The Bertz CT molecular complexity index is 1060. The molecule has 1 atom stereocenters. The van der Waals surface area contributed by atoms with Crippen molar-refractivity contribution in [3.05, 3.63) is 59.7 Å². The van der Waals surface area contributed by atoms with Gasteiger partial charge in [-0.05, 0) is 30.7 Å². The Hall–Kier alpha value is -2.71. The Morgan fingerprint density at radius 2 is 2.07 bits per heavy atom. The highest BCUT2D eigenvalue weighted by molar-refractivity contribution is 7.22. The van der Waals surface area contributed by atoms with Crippen LogP contribution in [-0.4, -0.2) is 36.2 Å². The molecule has 0 amide bonds. The number of thiazole rings is 1. The summed E-state index contributed by atoms with van der Waals surface area (Å²) in [7, 11) is 1.83. The normalized spacial score (nSPS) is 15.7. The van der Waals surface area contributed by atoms with Gasteiger partial charge in [-0.15, -0.1) is 0 Å². The molecule has 0 radical (unpaired) electrons. The van der Waals surface area contributed by atoms with E-state index in [1.807, 2.05) is 36.0 Å². The minimum absolute atomic E-state index is 0.666. The van der Waals surface area contributed by atoms with Gasteiger partial charge in [-0.3, -0.25) is 9.36 Å². The molecular weight excluding hydrogens is 360 g/mol. The molecule has 4 aromatic rings. The van der Waals surface area contributed by atoms with Crippen molar-refractivity contribution in [3.8, 4) is 0 Å². The number of para-hydroxylation sites is 1. The van der Waals surface area contributed by atoms with Crippen molar-refractivity contribution in [2.75, 3.05) is 11.4 Å². The summed E-state index contributed by atoms with van der Waals surface area (Å²) >= 11 is 1.72. The lowest BCUT2D eigenvalue weighted by molar-refractivity contribution is 0.203. The third-order valence-corrected chi connectivity index (χ3v) is 6.10. The van der Waals surface area contributed by atoms with Crippen LogP contribution in [0.2, 0.25) is 0 Å². The van der Waals surface area contributed by atoms with Crippen molar-refractivity contribution in [2.45, 2.75) is 25.6 Å². The van der Waals surface area contributed by atoms with E-state index in [-0.39, 0.29) is 0 Å². The Labute approximate surface area is 160 Å². The van der Waals surface area contributed by atoms with Crippen LogP contribution < -0.4 is 4.90 Å². The number of aromatic nitrogens is 5. The molecule has 1 aliphatic heterocycles. The van der Waals surface area contributed by atoms with Crippen molar-refractivity contribution < 1.29 is 5.11 Å². The molecule has 3 aromatic heterocycles. The molecule has 5 rings (SSSR count). The maximum atomic E-state index is 10.7. The number of rotatable bonds is 3. The third-order valence-electron chi connectivity index (χ3n) is 5.01. The van der Waals surface area contributed by atoms with E-state index in [9.17, 15) is 5.11 Å². The van der Waals surface area contributed by atoms with Crippen molar-refractivity contribution in [1.29, 1.82) is 0 Å². The topological polar surface area (TPSA) is 72.0 Å². The van der Waals surface area contributed by atoms with E-state index in [1.54, 1.807) is 22.2 Å². The van der Waals surface area contributed by atoms with Gasteiger partial charge in [0, 0.05) is 26.3 Å². The van der Waals surface area contributed by atoms with E-state index in [0.717, 1.165) is 48.1 Å². The van der Waals surface area contributed by atoms with Crippen LogP contribution in [0.3, 0.4) is 0 Å². The lowest BCUT2D eigenvalue weighted by Gasteiger charge is -2.18. The van der Waals surface area contributed by atoms with Crippen molar-refractivity contribution >= 4 is 26.7 Å². The molecule has 0 aliphatic carbocycles. The first-order valence-electron chi connectivity index (χ1n) is 9.02. The highest BCUT2D eigenvalue weighted by atomic mass is 32.1. The van der Waals surface area contributed by atoms with Crippen LogP contribution in [-0.2, 0) is 20.1 Å². The highest BCUT2D eigenvalue weighted by Crippen LogP contribution is 2.31. The molecule has 1 N–H and O–H groups in total. The van der Waals surface area contributed by atoms with E-state index in [1.165, 1.54) is 4.70 Å². The van der Waals surface area contributed by atoms with Gasteiger partial charge < -0.3 is 10.0 Å². The third kappa shape index (κ3) is 2.90. The second kappa shape index (κ2) is 6.47. The van der Waals surface area contributed by atoms with Crippen LogP contribution in [0.25, 0.3) is 10.2 Å². The molecule has 1 aromatic carbocycles. The Morgan fingerprint density at radius 1 is 1.19 bits per heavy atom. The standard InChI is InChI=1S/C19H20N6OS/c1-23-16(7-8-20-23)18(26)15-11-13-12-24(9-4-10-25(13)22-15)19-21-14-5-2-3-6-17(14)27-19/h2-3,5-8,11,18,26H,4,9-10,12H2,1H3. The lowest BCUT2D eigenvalue weighted by atomic mass is 10.2. The molecule has 8 heteroatoms. The summed E-state index contributed by atoms with van der Waals surface area (Å²) in [6.45, 7) is 2.53. The van der Waals surface area contributed by atoms with E-state index in [2.05, 4.69) is 27.2 Å². The molecule has 7 nitrogen and oxygen atoms in total. The van der Waals surface area contributed by atoms with E-state index in [4.69, 9.17) is 4.98 Å². The number of fused-ring (bicyclic) bond motifs is 2. The summed E-state index contributed by atoms with van der Waals surface area (Å²) in [5, 5.41) is 20.5. The van der Waals surface area contributed by atoms with Crippen LogP contribution >= 0.6 is 11.3 Å². The minimum atomic E-state index is -0.771. The molecule has 1 aliphatic rings. The maximum Gasteiger partial charge on any atom is 0.186 e. The summed E-state index contributed by atoms with van der Waals surface area (Å²) in [6.07, 6.45) is 1.91. The van der Waals surface area contributed by atoms with Gasteiger partial charge in [0.05, 0.1) is 33.8 Å². The van der Waals surface area contributed by atoms with Gasteiger partial charge >= 0.3 is 0 Å². The lowest BCUT2D eigenvalue weighted by Crippen LogP contribution is -2.22. The number of nitrogens with zero attached hydrogens (tertiary/aromatic N) is 6. The van der Waals surface area contributed by atoms with Gasteiger partial charge in [0.2, 0.25) is 0 Å². The Balaban J connectivity index is 1.45. The quantitative estimate of drug-likeness (QED) is 0.592. The largest absolute Gasteiger partial charge is 0.380 e. The monoisotopic (exact) mass is 380 g/mol. The van der Waals surface area contributed by atoms with Crippen LogP contribution in [0.4, 0.5) is 5.13 Å². The average molecular weight is 380 g/mol. The first kappa shape index (κ1) is 16.5. The fraction of sp³-hybridized carbons (Fsp3) is 0.316. The van der Waals surface area contributed by atoms with E-state index < -0.39 is 6.10 Å². The smallest absolute Gasteiger partial charge is 0.186 e. The number of anilines is 1. The molecule has 0 bridgehead atoms. The molecule has 27 heavy (non-hydrogen) atoms. The molecular formula is C19H20N6OS. The van der Waals surface area contributed by atoms with Crippen LogP contribution in [0.1, 0.15) is 29.6 Å². The van der Waals surface area contributed by atoms with Gasteiger partial charge in [-0.1, -0.05) is 23.5 Å². The number of aliphatic hydroxyl groups excluding tert-OH is 1. The van der Waals surface area contributed by atoms with Gasteiger partial charge in [0.15, 0.2) is 5.13 Å². The Morgan fingerprint density at radius 3 is 2.89 bits per heavy atom.